The van der Waals surface area contributed by atoms with Gasteiger partial charge in [0.05, 0.1) is 23.9 Å². The number of hydrogen-bond donors (Lipinski definition) is 2. The molecule has 3 atom stereocenters. The van der Waals surface area contributed by atoms with Gasteiger partial charge in [0.1, 0.15) is 30.0 Å². The summed E-state index contributed by atoms with van der Waals surface area (Å²) in [7, 11) is 3.55. The normalized spacial score (nSPS) is 21.0. The molecule has 0 saturated carbocycles. The molecule has 6 rings (SSSR count). The second-order valence-electron chi connectivity index (χ2n) is 12.0. The van der Waals surface area contributed by atoms with E-state index in [0.717, 1.165) is 0 Å². The summed E-state index contributed by atoms with van der Waals surface area (Å²) in [6.07, 6.45) is 1.99. The second-order valence-corrected chi connectivity index (χ2v) is 12.7. The molecule has 46 heavy (non-hydrogen) atoms. The summed E-state index contributed by atoms with van der Waals surface area (Å²) in [4.78, 5) is 41.3. The van der Waals surface area contributed by atoms with E-state index in [1.54, 1.807) is 42.5 Å². The van der Waals surface area contributed by atoms with Crippen LogP contribution in [0, 0.1) is 28.9 Å². The molecule has 0 spiro atoms. The molecule has 0 unspecified atom stereocenters. The fourth-order valence-electron chi connectivity index (χ4n) is 6.59. The minimum atomic E-state index is -0.866. The van der Waals surface area contributed by atoms with Crippen LogP contribution in [0.2, 0.25) is 5.54 Å². The summed E-state index contributed by atoms with van der Waals surface area (Å²) in [6.45, 7) is 1.22. The Kier molecular flexibility index (Phi) is 8.88. The van der Waals surface area contributed by atoms with Crippen molar-refractivity contribution in [3.8, 4) is 11.8 Å². The molecule has 0 aliphatic carbocycles. The lowest BCUT2D eigenvalue weighted by Gasteiger charge is -2.36. The highest BCUT2D eigenvalue weighted by Crippen LogP contribution is 2.37. The number of carbonyl (C=O) groups is 3. The molecule has 3 aliphatic heterocycles. The van der Waals surface area contributed by atoms with Crippen molar-refractivity contribution in [2.45, 2.75) is 56.5 Å². The lowest BCUT2D eigenvalue weighted by molar-refractivity contribution is -0.132. The number of nitrogens with two attached hydrogens (primary N) is 1. The van der Waals surface area contributed by atoms with Crippen LogP contribution in [0.1, 0.15) is 64.3 Å². The van der Waals surface area contributed by atoms with E-state index in [1.165, 1.54) is 17.0 Å². The SMILES string of the molecule is N#Cc1ccc(N2CCC([C@@H](N)c3ccc(COc4cccc5c4CN([C@@H]4C(=O)NC(=O)CC[C@H]4[Si])C5=O)c(F)c3)CC2)c(F)c1. The molecular formula is C34H32F2N5O4Si. The Labute approximate surface area is 268 Å². The number of piperidine rings is 1. The monoisotopic (exact) mass is 640 g/mol. The summed E-state index contributed by atoms with van der Waals surface area (Å²) < 4.78 is 35.9. The smallest absolute Gasteiger partial charge is 0.255 e. The van der Waals surface area contributed by atoms with Crippen LogP contribution < -0.4 is 20.7 Å². The third-order valence-electron chi connectivity index (χ3n) is 9.19. The number of nitrogens with zero attached hydrogens (tertiary/aromatic N) is 3. The number of imide groups is 1. The number of benzene rings is 3. The third kappa shape index (κ3) is 6.12. The molecule has 3 aromatic carbocycles. The van der Waals surface area contributed by atoms with E-state index < -0.39 is 35.2 Å². The van der Waals surface area contributed by atoms with Crippen molar-refractivity contribution in [1.82, 2.24) is 10.2 Å². The fourth-order valence-corrected chi connectivity index (χ4v) is 7.07. The first-order valence-corrected chi connectivity index (χ1v) is 15.8. The highest BCUT2D eigenvalue weighted by Gasteiger charge is 2.42. The molecule has 0 aromatic heterocycles. The van der Waals surface area contributed by atoms with Gasteiger partial charge in [-0.3, -0.25) is 19.7 Å². The Morgan fingerprint density at radius 1 is 1.04 bits per heavy atom. The molecule has 2 fully saturated rings. The molecule has 3 radical (unpaired) electrons. The van der Waals surface area contributed by atoms with Crippen LogP contribution in [-0.2, 0) is 22.7 Å². The number of amides is 3. The molecule has 235 valence electrons. The van der Waals surface area contributed by atoms with Crippen LogP contribution >= 0.6 is 0 Å². The lowest BCUT2D eigenvalue weighted by Crippen LogP contribution is -2.49. The number of carbonyl (C=O) groups excluding carboxylic acids is 3. The van der Waals surface area contributed by atoms with Gasteiger partial charge in [0, 0.05) is 52.5 Å². The fraction of sp³-hybridized carbons (Fsp3) is 0.353. The first-order valence-electron chi connectivity index (χ1n) is 15.2. The van der Waals surface area contributed by atoms with Crippen molar-refractivity contribution in [2.75, 3.05) is 18.0 Å². The summed E-state index contributed by atoms with van der Waals surface area (Å²) in [5.74, 6) is -1.64. The zero-order valence-corrected chi connectivity index (χ0v) is 26.0. The Bertz CT molecular complexity index is 1740. The van der Waals surface area contributed by atoms with Gasteiger partial charge in [0.25, 0.3) is 5.91 Å². The van der Waals surface area contributed by atoms with E-state index >= 15 is 4.39 Å². The lowest BCUT2D eigenvalue weighted by atomic mass is 9.85. The Morgan fingerprint density at radius 2 is 1.83 bits per heavy atom. The van der Waals surface area contributed by atoms with Crippen LogP contribution in [0.25, 0.3) is 0 Å². The predicted molar refractivity (Wildman–Crippen MR) is 166 cm³/mol. The van der Waals surface area contributed by atoms with Gasteiger partial charge in [-0.25, -0.2) is 8.78 Å². The maximum Gasteiger partial charge on any atom is 0.255 e. The Balaban J connectivity index is 1.09. The number of anilines is 1. The van der Waals surface area contributed by atoms with E-state index in [1.807, 2.05) is 11.0 Å². The molecule has 3 amide bonds. The molecule has 0 bridgehead atoms. The van der Waals surface area contributed by atoms with E-state index in [-0.39, 0.29) is 42.9 Å². The highest BCUT2D eigenvalue weighted by molar-refractivity contribution is 6.17. The van der Waals surface area contributed by atoms with Gasteiger partial charge in [-0.1, -0.05) is 18.2 Å². The number of fused-ring (bicyclic) bond motifs is 1. The zero-order chi connectivity index (χ0) is 32.5. The number of hydrogen-bond acceptors (Lipinski definition) is 7. The summed E-state index contributed by atoms with van der Waals surface area (Å²) in [5, 5.41) is 11.3. The Hall–Kier alpha value is -4.60. The van der Waals surface area contributed by atoms with E-state index in [9.17, 15) is 18.8 Å². The number of nitriles is 1. The standard InChI is InChI=1S/C34H32F2N5O4Si/c35-25-15-21(31(38)20-10-12-40(13-11-20)27-7-4-19(16-37)14-26(27)36)5-6-22(25)18-45-28-3-1-2-23-24(28)17-41(34(23)44)32-29(46)8-9-30(42)39-33(32)43/h1-7,14-15,20,29,31-32H,8-13,17-18,38H2,(H,39,42,43)/t29-,31-,32+/m1/s1. The maximum atomic E-state index is 15.3. The molecule has 12 heteroatoms. The molecule has 3 aromatic rings. The zero-order valence-electron chi connectivity index (χ0n) is 25.0. The van der Waals surface area contributed by atoms with Gasteiger partial charge in [-0.2, -0.15) is 5.26 Å². The van der Waals surface area contributed by atoms with Crippen molar-refractivity contribution in [1.29, 1.82) is 5.26 Å². The van der Waals surface area contributed by atoms with E-state index in [0.29, 0.717) is 66.0 Å². The van der Waals surface area contributed by atoms with Gasteiger partial charge < -0.3 is 20.3 Å². The molecule has 9 nitrogen and oxygen atoms in total. The average molecular weight is 641 g/mol. The number of ether oxygens (including phenoxy) is 1. The van der Waals surface area contributed by atoms with Gasteiger partial charge in [0.2, 0.25) is 11.8 Å². The van der Waals surface area contributed by atoms with Crippen LogP contribution in [0.4, 0.5) is 14.5 Å². The molecular weight excluding hydrogens is 608 g/mol. The highest BCUT2D eigenvalue weighted by atomic mass is 28.1. The van der Waals surface area contributed by atoms with Gasteiger partial charge in [0.15, 0.2) is 0 Å². The van der Waals surface area contributed by atoms with E-state index in [4.69, 9.17) is 15.7 Å². The molecule has 2 saturated heterocycles. The van der Waals surface area contributed by atoms with Gasteiger partial charge >= 0.3 is 0 Å². The van der Waals surface area contributed by atoms with Crippen molar-refractivity contribution >= 4 is 33.7 Å². The predicted octanol–water partition coefficient (Wildman–Crippen LogP) is 4.05. The molecule has 3 aliphatic rings. The number of halogens is 2. The Morgan fingerprint density at radius 3 is 2.54 bits per heavy atom. The van der Waals surface area contributed by atoms with Crippen LogP contribution in [-0.4, -0.2) is 52.0 Å². The number of rotatable bonds is 7. The van der Waals surface area contributed by atoms with Crippen LogP contribution in [0.3, 0.4) is 0 Å². The molecule has 3 heterocycles. The van der Waals surface area contributed by atoms with Gasteiger partial charge in [-0.05, 0) is 72.7 Å². The largest absolute Gasteiger partial charge is 0.488 e. The minimum absolute atomic E-state index is 0.0826. The van der Waals surface area contributed by atoms with Gasteiger partial charge in [-0.15, -0.1) is 0 Å². The van der Waals surface area contributed by atoms with Crippen LogP contribution in [0.15, 0.2) is 54.6 Å². The molecule has 3 N–H and O–H groups in total. The quantitative estimate of drug-likeness (QED) is 0.295. The first-order chi connectivity index (χ1) is 22.1. The number of nitrogens with one attached hydrogen (secondary N) is 1. The van der Waals surface area contributed by atoms with Crippen molar-refractivity contribution in [2.24, 2.45) is 11.7 Å². The average Bonchev–Trinajstić information content (AvgIpc) is 3.32. The summed E-state index contributed by atoms with van der Waals surface area (Å²) in [6, 6.07) is 15.1. The van der Waals surface area contributed by atoms with E-state index in [2.05, 4.69) is 15.6 Å². The maximum absolute atomic E-state index is 15.3. The van der Waals surface area contributed by atoms with Crippen molar-refractivity contribution in [3.63, 3.8) is 0 Å². The summed E-state index contributed by atoms with van der Waals surface area (Å²) >= 11 is 0. The third-order valence-corrected chi connectivity index (χ3v) is 9.80. The topological polar surface area (TPSA) is 129 Å². The first kappa shape index (κ1) is 31.4. The summed E-state index contributed by atoms with van der Waals surface area (Å²) in [5.41, 5.74) is 8.89. The van der Waals surface area contributed by atoms with Crippen LogP contribution in [0.5, 0.6) is 5.75 Å². The van der Waals surface area contributed by atoms with Crippen molar-refractivity contribution < 1.29 is 27.9 Å². The van der Waals surface area contributed by atoms with Crippen molar-refractivity contribution in [3.05, 3.63) is 94.0 Å². The minimum Gasteiger partial charge on any atom is -0.488 e. The second kappa shape index (κ2) is 13.0.